The molecule has 114 valence electrons. The number of fused-ring (bicyclic) bond motifs is 1. The van der Waals surface area contributed by atoms with E-state index in [0.717, 1.165) is 18.4 Å². The normalized spacial score (nSPS) is 34.9. The van der Waals surface area contributed by atoms with Gasteiger partial charge in [0.2, 0.25) is 0 Å². The SMILES string of the molecule is C=C1C(=O)O[C@H]2/C=C(\C)[C@@H](OC(C)=O)C/C=C(\C)CC[C@@H]12. The summed E-state index contributed by atoms with van der Waals surface area (Å²) in [7, 11) is 0. The topological polar surface area (TPSA) is 52.6 Å². The minimum Gasteiger partial charge on any atom is -0.458 e. The van der Waals surface area contributed by atoms with Gasteiger partial charge in [-0.05, 0) is 38.3 Å². The molecule has 1 fully saturated rings. The molecule has 0 bridgehead atoms. The van der Waals surface area contributed by atoms with E-state index in [-0.39, 0.29) is 30.1 Å². The van der Waals surface area contributed by atoms with Crippen LogP contribution in [0.3, 0.4) is 0 Å². The predicted octanol–water partition coefficient (Wildman–Crippen LogP) is 3.09. The van der Waals surface area contributed by atoms with Crippen LogP contribution < -0.4 is 0 Å². The third-order valence-electron chi connectivity index (χ3n) is 4.12. The van der Waals surface area contributed by atoms with Gasteiger partial charge in [0.25, 0.3) is 0 Å². The Hall–Kier alpha value is -1.84. The number of rotatable bonds is 1. The Bertz CT molecular complexity index is 527. The fraction of sp³-hybridized carbons (Fsp3) is 0.529. The van der Waals surface area contributed by atoms with Gasteiger partial charge in [0.05, 0.1) is 0 Å². The molecule has 1 aliphatic carbocycles. The maximum absolute atomic E-state index is 11.7. The summed E-state index contributed by atoms with van der Waals surface area (Å²) in [6.45, 7) is 9.22. The largest absolute Gasteiger partial charge is 0.458 e. The highest BCUT2D eigenvalue weighted by atomic mass is 16.6. The lowest BCUT2D eigenvalue weighted by Crippen LogP contribution is -2.22. The van der Waals surface area contributed by atoms with E-state index in [2.05, 4.69) is 19.6 Å². The zero-order chi connectivity index (χ0) is 15.6. The standard InChI is InChI=1S/C17H22O4/c1-10-5-7-14-12(3)17(19)21-16(14)9-11(2)15(8-6-10)20-13(4)18/h6,9,14-16H,3,5,7-8H2,1-2,4H3/b10-6+,11-9+/t14-,15-,16-/m0/s1. The first kappa shape index (κ1) is 15.5. The fourth-order valence-electron chi connectivity index (χ4n) is 2.81. The van der Waals surface area contributed by atoms with Crippen LogP contribution in [0.2, 0.25) is 0 Å². The molecule has 0 saturated carbocycles. The molecule has 0 unspecified atom stereocenters. The van der Waals surface area contributed by atoms with Gasteiger partial charge in [-0.3, -0.25) is 4.79 Å². The monoisotopic (exact) mass is 290 g/mol. The van der Waals surface area contributed by atoms with Crippen LogP contribution in [0.4, 0.5) is 0 Å². The Labute approximate surface area is 125 Å². The molecule has 3 atom stereocenters. The van der Waals surface area contributed by atoms with Crippen molar-refractivity contribution < 1.29 is 19.1 Å². The van der Waals surface area contributed by atoms with Gasteiger partial charge in [0, 0.05) is 24.8 Å². The third kappa shape index (κ3) is 3.63. The molecule has 0 spiro atoms. The second-order valence-corrected chi connectivity index (χ2v) is 5.84. The van der Waals surface area contributed by atoms with Crippen LogP contribution in [0.15, 0.2) is 35.5 Å². The van der Waals surface area contributed by atoms with Crippen molar-refractivity contribution in [2.75, 3.05) is 0 Å². The molecule has 2 rings (SSSR count). The number of carbonyl (C=O) groups is 2. The molecule has 21 heavy (non-hydrogen) atoms. The van der Waals surface area contributed by atoms with Crippen LogP contribution in [-0.2, 0) is 19.1 Å². The number of esters is 2. The van der Waals surface area contributed by atoms with E-state index in [1.54, 1.807) is 0 Å². The average Bonchev–Trinajstić information content (AvgIpc) is 2.66. The summed E-state index contributed by atoms with van der Waals surface area (Å²) in [5.41, 5.74) is 2.68. The van der Waals surface area contributed by atoms with Crippen molar-refractivity contribution in [3.8, 4) is 0 Å². The van der Waals surface area contributed by atoms with E-state index in [9.17, 15) is 9.59 Å². The molecule has 0 N–H and O–H groups in total. The minimum atomic E-state index is -0.320. The van der Waals surface area contributed by atoms with Gasteiger partial charge in [-0.1, -0.05) is 18.2 Å². The van der Waals surface area contributed by atoms with Crippen molar-refractivity contribution >= 4 is 11.9 Å². The second kappa shape index (κ2) is 6.29. The molecule has 2 aliphatic rings. The lowest BCUT2D eigenvalue weighted by Gasteiger charge is -2.22. The van der Waals surface area contributed by atoms with Gasteiger partial charge in [0.1, 0.15) is 12.2 Å². The van der Waals surface area contributed by atoms with E-state index in [0.29, 0.717) is 12.0 Å². The van der Waals surface area contributed by atoms with Crippen LogP contribution in [0, 0.1) is 5.92 Å². The summed E-state index contributed by atoms with van der Waals surface area (Å²) >= 11 is 0. The van der Waals surface area contributed by atoms with Gasteiger partial charge in [-0.2, -0.15) is 0 Å². The Morgan fingerprint density at radius 2 is 2.14 bits per heavy atom. The molecular formula is C17H22O4. The fourth-order valence-corrected chi connectivity index (χ4v) is 2.81. The van der Waals surface area contributed by atoms with Gasteiger partial charge in [-0.25, -0.2) is 4.79 Å². The molecule has 0 aromatic heterocycles. The van der Waals surface area contributed by atoms with Crippen molar-refractivity contribution in [1.82, 2.24) is 0 Å². The van der Waals surface area contributed by atoms with E-state index < -0.39 is 0 Å². The van der Waals surface area contributed by atoms with E-state index in [1.165, 1.54) is 12.5 Å². The zero-order valence-corrected chi connectivity index (χ0v) is 12.8. The van der Waals surface area contributed by atoms with Crippen molar-refractivity contribution in [2.45, 2.75) is 52.2 Å². The van der Waals surface area contributed by atoms with Crippen molar-refractivity contribution in [1.29, 1.82) is 0 Å². The highest BCUT2D eigenvalue weighted by Crippen LogP contribution is 2.34. The molecular weight excluding hydrogens is 268 g/mol. The molecule has 4 heteroatoms. The zero-order valence-electron chi connectivity index (χ0n) is 12.8. The highest BCUT2D eigenvalue weighted by Gasteiger charge is 2.37. The summed E-state index contributed by atoms with van der Waals surface area (Å²) in [4.78, 5) is 23.0. The number of hydrogen-bond donors (Lipinski definition) is 0. The van der Waals surface area contributed by atoms with Gasteiger partial charge >= 0.3 is 11.9 Å². The summed E-state index contributed by atoms with van der Waals surface area (Å²) in [6.07, 6.45) is 5.79. The maximum Gasteiger partial charge on any atom is 0.334 e. The Morgan fingerprint density at radius 1 is 1.43 bits per heavy atom. The Morgan fingerprint density at radius 3 is 2.81 bits per heavy atom. The maximum atomic E-state index is 11.7. The van der Waals surface area contributed by atoms with Gasteiger partial charge in [-0.15, -0.1) is 0 Å². The molecule has 0 aromatic carbocycles. The summed E-state index contributed by atoms with van der Waals surface area (Å²) in [5, 5.41) is 0. The molecule has 0 amide bonds. The van der Waals surface area contributed by atoms with E-state index >= 15 is 0 Å². The predicted molar refractivity (Wildman–Crippen MR) is 79.4 cm³/mol. The van der Waals surface area contributed by atoms with Crippen LogP contribution in [0.1, 0.15) is 40.0 Å². The first-order valence-corrected chi connectivity index (χ1v) is 7.29. The summed E-state index contributed by atoms with van der Waals surface area (Å²) < 4.78 is 10.8. The van der Waals surface area contributed by atoms with Crippen molar-refractivity contribution in [2.24, 2.45) is 5.92 Å². The number of hydrogen-bond acceptors (Lipinski definition) is 4. The second-order valence-electron chi connectivity index (χ2n) is 5.84. The lowest BCUT2D eigenvalue weighted by atomic mass is 9.87. The molecule has 0 radical (unpaired) electrons. The van der Waals surface area contributed by atoms with Crippen molar-refractivity contribution in [3.63, 3.8) is 0 Å². The minimum absolute atomic E-state index is 0.00637. The van der Waals surface area contributed by atoms with Gasteiger partial charge < -0.3 is 9.47 Å². The first-order valence-electron chi connectivity index (χ1n) is 7.29. The number of allylic oxidation sites excluding steroid dienone is 1. The van der Waals surface area contributed by atoms with Crippen molar-refractivity contribution in [3.05, 3.63) is 35.5 Å². The molecule has 0 aromatic rings. The van der Waals surface area contributed by atoms with Crippen LogP contribution in [0.25, 0.3) is 0 Å². The van der Waals surface area contributed by atoms with E-state index in [4.69, 9.17) is 9.47 Å². The molecule has 1 aliphatic heterocycles. The van der Waals surface area contributed by atoms with Crippen LogP contribution in [0.5, 0.6) is 0 Å². The highest BCUT2D eigenvalue weighted by molar-refractivity contribution is 5.91. The van der Waals surface area contributed by atoms with Gasteiger partial charge in [0.15, 0.2) is 0 Å². The quantitative estimate of drug-likeness (QED) is 0.423. The Kier molecular flexibility index (Phi) is 4.66. The lowest BCUT2D eigenvalue weighted by molar-refractivity contribution is -0.144. The molecule has 4 nitrogen and oxygen atoms in total. The van der Waals surface area contributed by atoms with Crippen LogP contribution >= 0.6 is 0 Å². The average molecular weight is 290 g/mol. The molecule has 1 saturated heterocycles. The summed E-state index contributed by atoms with van der Waals surface area (Å²) in [5.74, 6) is -0.619. The molecule has 1 heterocycles. The van der Waals surface area contributed by atoms with E-state index in [1.807, 2.05) is 13.0 Å². The number of ether oxygens (including phenoxy) is 2. The third-order valence-corrected chi connectivity index (χ3v) is 4.12. The number of carbonyl (C=O) groups excluding carboxylic acids is 2. The smallest absolute Gasteiger partial charge is 0.334 e. The Balaban J connectivity index is 2.31. The first-order chi connectivity index (χ1) is 9.88. The van der Waals surface area contributed by atoms with Crippen LogP contribution in [-0.4, -0.2) is 24.1 Å². The summed E-state index contributed by atoms with van der Waals surface area (Å²) in [6, 6.07) is 0.